The number of nitrogens with zero attached hydrogens (tertiary/aromatic N) is 1. The van der Waals surface area contributed by atoms with Gasteiger partial charge in [0, 0.05) is 17.8 Å². The highest BCUT2D eigenvalue weighted by molar-refractivity contribution is 5.84. The van der Waals surface area contributed by atoms with E-state index in [4.69, 9.17) is 6.42 Å². The molecule has 0 N–H and O–H groups in total. The summed E-state index contributed by atoms with van der Waals surface area (Å²) in [6.45, 7) is 1.54. The SMILES string of the molecule is C#CCN(CC1CC1)c1ccccc1C=O. The van der Waals surface area contributed by atoms with Crippen molar-refractivity contribution in [1.82, 2.24) is 0 Å². The summed E-state index contributed by atoms with van der Waals surface area (Å²) in [5, 5.41) is 0. The Labute approximate surface area is 96.3 Å². The summed E-state index contributed by atoms with van der Waals surface area (Å²) in [5.74, 6) is 3.42. The Hall–Kier alpha value is -1.75. The first-order chi connectivity index (χ1) is 7.85. The van der Waals surface area contributed by atoms with Gasteiger partial charge in [-0.1, -0.05) is 18.1 Å². The molecule has 0 spiro atoms. The van der Waals surface area contributed by atoms with Gasteiger partial charge in [0.05, 0.1) is 6.54 Å². The number of terminal acetylenes is 1. The van der Waals surface area contributed by atoms with Crippen LogP contribution in [-0.2, 0) is 0 Å². The first-order valence-corrected chi connectivity index (χ1v) is 5.57. The highest BCUT2D eigenvalue weighted by atomic mass is 16.1. The highest BCUT2D eigenvalue weighted by Gasteiger charge is 2.24. The van der Waals surface area contributed by atoms with Gasteiger partial charge in [-0.15, -0.1) is 6.42 Å². The molecule has 0 saturated heterocycles. The number of carbonyl (C=O) groups excluding carboxylic acids is 1. The second kappa shape index (κ2) is 4.85. The number of carbonyl (C=O) groups is 1. The lowest BCUT2D eigenvalue weighted by atomic mass is 10.1. The molecule has 82 valence electrons. The van der Waals surface area contributed by atoms with Gasteiger partial charge in [-0.05, 0) is 30.9 Å². The smallest absolute Gasteiger partial charge is 0.152 e. The normalized spacial score (nSPS) is 14.2. The van der Waals surface area contributed by atoms with Crippen LogP contribution in [0.25, 0.3) is 0 Å². The van der Waals surface area contributed by atoms with Crippen molar-refractivity contribution in [2.24, 2.45) is 5.92 Å². The van der Waals surface area contributed by atoms with Crippen molar-refractivity contribution in [3.05, 3.63) is 29.8 Å². The largest absolute Gasteiger partial charge is 0.360 e. The molecule has 0 bridgehead atoms. The highest BCUT2D eigenvalue weighted by Crippen LogP contribution is 2.32. The van der Waals surface area contributed by atoms with E-state index in [1.54, 1.807) is 0 Å². The van der Waals surface area contributed by atoms with Crippen LogP contribution >= 0.6 is 0 Å². The van der Waals surface area contributed by atoms with Crippen molar-refractivity contribution in [2.45, 2.75) is 12.8 Å². The molecular weight excluding hydrogens is 198 g/mol. The standard InChI is InChI=1S/C14H15NO/c1-2-9-15(10-12-7-8-12)14-6-4-3-5-13(14)11-16/h1,3-6,11-12H,7-10H2. The zero-order valence-corrected chi connectivity index (χ0v) is 9.23. The molecule has 0 heterocycles. The quantitative estimate of drug-likeness (QED) is 0.552. The topological polar surface area (TPSA) is 20.3 Å². The Bertz CT molecular complexity index is 415. The predicted molar refractivity (Wildman–Crippen MR) is 65.6 cm³/mol. The lowest BCUT2D eigenvalue weighted by Gasteiger charge is -2.23. The van der Waals surface area contributed by atoms with Gasteiger partial charge in [0.2, 0.25) is 0 Å². The average Bonchev–Trinajstić information content (AvgIpc) is 3.12. The maximum atomic E-state index is 11.0. The molecule has 1 aliphatic carbocycles. The summed E-state index contributed by atoms with van der Waals surface area (Å²) in [6.07, 6.45) is 8.83. The molecule has 2 rings (SSSR count). The van der Waals surface area contributed by atoms with E-state index in [2.05, 4.69) is 10.8 Å². The molecule has 0 atom stereocenters. The second-order valence-corrected chi connectivity index (χ2v) is 4.20. The van der Waals surface area contributed by atoms with Crippen LogP contribution < -0.4 is 4.90 Å². The van der Waals surface area contributed by atoms with Crippen LogP contribution in [0.3, 0.4) is 0 Å². The predicted octanol–water partition coefficient (Wildman–Crippen LogP) is 2.35. The van der Waals surface area contributed by atoms with Gasteiger partial charge in [0.1, 0.15) is 0 Å². The molecule has 1 aromatic carbocycles. The van der Waals surface area contributed by atoms with Gasteiger partial charge >= 0.3 is 0 Å². The first kappa shape index (κ1) is 10.8. The second-order valence-electron chi connectivity index (χ2n) is 4.20. The lowest BCUT2D eigenvalue weighted by molar-refractivity contribution is 0.112. The molecule has 1 aliphatic rings. The minimum atomic E-state index is 0.571. The molecule has 2 nitrogen and oxygen atoms in total. The van der Waals surface area contributed by atoms with E-state index in [0.717, 1.165) is 30.0 Å². The van der Waals surface area contributed by atoms with Crippen LogP contribution in [-0.4, -0.2) is 19.4 Å². The van der Waals surface area contributed by atoms with Gasteiger partial charge in [-0.2, -0.15) is 0 Å². The fraction of sp³-hybridized carbons (Fsp3) is 0.357. The minimum absolute atomic E-state index is 0.571. The minimum Gasteiger partial charge on any atom is -0.360 e. The maximum absolute atomic E-state index is 11.0. The third-order valence-electron chi connectivity index (χ3n) is 2.86. The number of hydrogen-bond donors (Lipinski definition) is 0. The first-order valence-electron chi connectivity index (χ1n) is 5.57. The Kier molecular flexibility index (Phi) is 3.26. The molecule has 1 aromatic rings. The van der Waals surface area contributed by atoms with Crippen molar-refractivity contribution in [1.29, 1.82) is 0 Å². The molecule has 1 fully saturated rings. The van der Waals surface area contributed by atoms with Gasteiger partial charge in [0.15, 0.2) is 6.29 Å². The number of benzene rings is 1. The Morgan fingerprint density at radius 3 is 2.81 bits per heavy atom. The van der Waals surface area contributed by atoms with Gasteiger partial charge in [-0.3, -0.25) is 4.79 Å². The molecule has 1 saturated carbocycles. The summed E-state index contributed by atoms with van der Waals surface area (Å²) >= 11 is 0. The van der Waals surface area contributed by atoms with Crippen LogP contribution in [0.5, 0.6) is 0 Å². The van der Waals surface area contributed by atoms with Gasteiger partial charge in [-0.25, -0.2) is 0 Å². The molecule has 2 heteroatoms. The molecule has 16 heavy (non-hydrogen) atoms. The number of rotatable bonds is 5. The zero-order chi connectivity index (χ0) is 11.4. The van der Waals surface area contributed by atoms with E-state index in [1.807, 2.05) is 24.3 Å². The average molecular weight is 213 g/mol. The number of anilines is 1. The summed E-state index contributed by atoms with van der Waals surface area (Å²) < 4.78 is 0. The summed E-state index contributed by atoms with van der Waals surface area (Å²) in [6, 6.07) is 7.61. The Balaban J connectivity index is 2.22. The molecule has 0 amide bonds. The Morgan fingerprint density at radius 1 is 1.44 bits per heavy atom. The van der Waals surface area contributed by atoms with Gasteiger partial charge in [0.25, 0.3) is 0 Å². The Morgan fingerprint density at radius 2 is 2.19 bits per heavy atom. The van der Waals surface area contributed by atoms with Crippen LogP contribution in [0.1, 0.15) is 23.2 Å². The zero-order valence-electron chi connectivity index (χ0n) is 9.23. The molecular formula is C14H15NO. The molecule has 0 radical (unpaired) electrons. The van der Waals surface area contributed by atoms with Crippen molar-refractivity contribution in [3.63, 3.8) is 0 Å². The third-order valence-corrected chi connectivity index (χ3v) is 2.86. The van der Waals surface area contributed by atoms with Crippen LogP contribution in [0.4, 0.5) is 5.69 Å². The third kappa shape index (κ3) is 2.43. The number of para-hydroxylation sites is 1. The van der Waals surface area contributed by atoms with Crippen LogP contribution in [0, 0.1) is 18.3 Å². The fourth-order valence-electron chi connectivity index (χ4n) is 1.85. The van der Waals surface area contributed by atoms with Crippen LogP contribution in [0.15, 0.2) is 24.3 Å². The summed E-state index contributed by atoms with van der Waals surface area (Å²) in [5.41, 5.74) is 1.68. The van der Waals surface area contributed by atoms with E-state index in [1.165, 1.54) is 12.8 Å². The molecule has 0 aromatic heterocycles. The molecule has 0 aliphatic heterocycles. The summed E-state index contributed by atoms with van der Waals surface area (Å²) in [4.78, 5) is 13.1. The van der Waals surface area contributed by atoms with Crippen molar-refractivity contribution >= 4 is 12.0 Å². The molecule has 0 unspecified atom stereocenters. The number of hydrogen-bond acceptors (Lipinski definition) is 2. The lowest BCUT2D eigenvalue weighted by Crippen LogP contribution is -2.27. The van der Waals surface area contributed by atoms with E-state index < -0.39 is 0 Å². The van der Waals surface area contributed by atoms with Crippen molar-refractivity contribution < 1.29 is 4.79 Å². The van der Waals surface area contributed by atoms with E-state index in [9.17, 15) is 4.79 Å². The summed E-state index contributed by atoms with van der Waals surface area (Å²) in [7, 11) is 0. The van der Waals surface area contributed by atoms with E-state index in [-0.39, 0.29) is 0 Å². The maximum Gasteiger partial charge on any atom is 0.152 e. The number of aldehydes is 1. The van der Waals surface area contributed by atoms with Crippen molar-refractivity contribution in [2.75, 3.05) is 18.0 Å². The van der Waals surface area contributed by atoms with Crippen LogP contribution in [0.2, 0.25) is 0 Å². The monoisotopic (exact) mass is 213 g/mol. The van der Waals surface area contributed by atoms with Crippen molar-refractivity contribution in [3.8, 4) is 12.3 Å². The van der Waals surface area contributed by atoms with E-state index >= 15 is 0 Å². The van der Waals surface area contributed by atoms with E-state index in [0.29, 0.717) is 6.54 Å². The van der Waals surface area contributed by atoms with Gasteiger partial charge < -0.3 is 4.90 Å². The fourth-order valence-corrected chi connectivity index (χ4v) is 1.85.